The van der Waals surface area contributed by atoms with Crippen molar-refractivity contribution in [1.29, 1.82) is 0 Å². The van der Waals surface area contributed by atoms with Crippen LogP contribution < -0.4 is 0 Å². The normalized spacial score (nSPS) is 10.8. The van der Waals surface area contributed by atoms with Crippen LogP contribution >= 0.6 is 15.9 Å². The molecule has 17 heavy (non-hydrogen) atoms. The molecule has 0 saturated carbocycles. The predicted molar refractivity (Wildman–Crippen MR) is 69.5 cm³/mol. The molecule has 0 saturated heterocycles. The van der Waals surface area contributed by atoms with Gasteiger partial charge in [0.15, 0.2) is 0 Å². The van der Waals surface area contributed by atoms with Gasteiger partial charge in [-0.1, -0.05) is 35.3 Å². The fourth-order valence-corrected chi connectivity index (χ4v) is 1.75. The molecule has 0 aliphatic carbocycles. The Kier molecular flexibility index (Phi) is 7.40. The average molecular weight is 305 g/mol. The Morgan fingerprint density at radius 1 is 1.18 bits per heavy atom. The third-order valence-corrected chi connectivity index (χ3v) is 3.03. The van der Waals surface area contributed by atoms with E-state index in [1.54, 1.807) is 6.07 Å². The smallest absolute Gasteiger partial charge is 0.124 e. The number of hydrogen-bond donors (Lipinski definition) is 0. The van der Waals surface area contributed by atoms with Gasteiger partial charge in [-0.3, -0.25) is 0 Å². The molecule has 0 aliphatic rings. The third kappa shape index (κ3) is 6.15. The van der Waals surface area contributed by atoms with Gasteiger partial charge in [0, 0.05) is 11.1 Å². The standard InChI is InChI=1S/C13H18BrFO2/c1-2-3-6-16-7-8-17-10-11-4-5-12(15)9-13(11)14/h4-5,9H,2-3,6-8,10H2,1H3. The zero-order valence-electron chi connectivity index (χ0n) is 10.0. The van der Waals surface area contributed by atoms with Gasteiger partial charge in [0.25, 0.3) is 0 Å². The Labute approximate surface area is 110 Å². The highest BCUT2D eigenvalue weighted by molar-refractivity contribution is 9.10. The zero-order valence-corrected chi connectivity index (χ0v) is 11.6. The van der Waals surface area contributed by atoms with Crippen molar-refractivity contribution >= 4 is 15.9 Å². The van der Waals surface area contributed by atoms with Crippen LogP contribution in [0, 0.1) is 5.82 Å². The van der Waals surface area contributed by atoms with Crippen LogP contribution in [0.4, 0.5) is 4.39 Å². The summed E-state index contributed by atoms with van der Waals surface area (Å²) < 4.78 is 24.4. The third-order valence-electron chi connectivity index (χ3n) is 2.29. The maximum Gasteiger partial charge on any atom is 0.124 e. The Balaban J connectivity index is 2.14. The first kappa shape index (κ1) is 14.6. The molecular formula is C13H18BrFO2. The van der Waals surface area contributed by atoms with Crippen LogP contribution in [0.1, 0.15) is 25.3 Å². The highest BCUT2D eigenvalue weighted by Gasteiger charge is 2.01. The van der Waals surface area contributed by atoms with Crippen molar-refractivity contribution in [3.05, 3.63) is 34.1 Å². The van der Waals surface area contributed by atoms with Crippen LogP contribution in [-0.4, -0.2) is 19.8 Å². The maximum absolute atomic E-state index is 12.8. The molecule has 96 valence electrons. The largest absolute Gasteiger partial charge is 0.379 e. The molecule has 0 fully saturated rings. The summed E-state index contributed by atoms with van der Waals surface area (Å²) >= 11 is 3.30. The fraction of sp³-hybridized carbons (Fsp3) is 0.538. The summed E-state index contributed by atoms with van der Waals surface area (Å²) in [5.41, 5.74) is 0.944. The van der Waals surface area contributed by atoms with Gasteiger partial charge in [0.2, 0.25) is 0 Å². The second kappa shape index (κ2) is 8.61. The van der Waals surface area contributed by atoms with Gasteiger partial charge >= 0.3 is 0 Å². The molecule has 0 unspecified atom stereocenters. The molecule has 2 nitrogen and oxygen atoms in total. The minimum absolute atomic E-state index is 0.247. The average Bonchev–Trinajstić information content (AvgIpc) is 2.30. The Morgan fingerprint density at radius 3 is 2.65 bits per heavy atom. The lowest BCUT2D eigenvalue weighted by molar-refractivity contribution is 0.0395. The van der Waals surface area contributed by atoms with Crippen molar-refractivity contribution in [2.24, 2.45) is 0 Å². The van der Waals surface area contributed by atoms with Gasteiger partial charge in [0.1, 0.15) is 5.82 Å². The molecule has 0 spiro atoms. The summed E-state index contributed by atoms with van der Waals surface area (Å²) in [6, 6.07) is 4.59. The lowest BCUT2D eigenvalue weighted by Gasteiger charge is -2.07. The van der Waals surface area contributed by atoms with E-state index in [0.29, 0.717) is 19.8 Å². The summed E-state index contributed by atoms with van der Waals surface area (Å²) in [5.74, 6) is -0.247. The van der Waals surface area contributed by atoms with E-state index >= 15 is 0 Å². The summed E-state index contributed by atoms with van der Waals surface area (Å²) in [6.45, 7) is 4.57. The SMILES string of the molecule is CCCCOCCOCc1ccc(F)cc1Br. The van der Waals surface area contributed by atoms with E-state index in [1.165, 1.54) is 12.1 Å². The van der Waals surface area contributed by atoms with Crippen molar-refractivity contribution in [2.75, 3.05) is 19.8 Å². The minimum atomic E-state index is -0.247. The first-order chi connectivity index (χ1) is 8.24. The molecule has 1 aromatic carbocycles. The summed E-state index contributed by atoms with van der Waals surface area (Å²) in [5, 5.41) is 0. The molecule has 0 aliphatic heterocycles. The molecule has 0 N–H and O–H groups in total. The van der Waals surface area contributed by atoms with E-state index in [9.17, 15) is 4.39 Å². The zero-order chi connectivity index (χ0) is 12.5. The Hall–Kier alpha value is -0.450. The van der Waals surface area contributed by atoms with Crippen molar-refractivity contribution in [3.63, 3.8) is 0 Å². The van der Waals surface area contributed by atoms with E-state index in [2.05, 4.69) is 22.9 Å². The van der Waals surface area contributed by atoms with Crippen molar-refractivity contribution in [1.82, 2.24) is 0 Å². The lowest BCUT2D eigenvalue weighted by Crippen LogP contribution is -2.05. The summed E-state index contributed by atoms with van der Waals surface area (Å²) in [7, 11) is 0. The lowest BCUT2D eigenvalue weighted by atomic mass is 10.2. The van der Waals surface area contributed by atoms with Crippen LogP contribution in [0.2, 0.25) is 0 Å². The molecule has 0 atom stereocenters. The highest BCUT2D eigenvalue weighted by atomic mass is 79.9. The van der Waals surface area contributed by atoms with Gasteiger partial charge in [-0.05, 0) is 24.1 Å². The number of ether oxygens (including phenoxy) is 2. The number of halogens is 2. The Morgan fingerprint density at radius 2 is 1.94 bits per heavy atom. The van der Waals surface area contributed by atoms with Crippen LogP contribution in [-0.2, 0) is 16.1 Å². The fourth-order valence-electron chi connectivity index (χ4n) is 1.29. The van der Waals surface area contributed by atoms with Crippen LogP contribution in [0.3, 0.4) is 0 Å². The quantitative estimate of drug-likeness (QED) is 0.678. The molecular weight excluding hydrogens is 287 g/mol. The highest BCUT2D eigenvalue weighted by Crippen LogP contribution is 2.18. The second-order valence-electron chi connectivity index (χ2n) is 3.75. The van der Waals surface area contributed by atoms with Gasteiger partial charge in [0.05, 0.1) is 19.8 Å². The van der Waals surface area contributed by atoms with E-state index in [4.69, 9.17) is 9.47 Å². The van der Waals surface area contributed by atoms with Crippen LogP contribution in [0.5, 0.6) is 0 Å². The molecule has 0 heterocycles. The Bertz CT molecular complexity index is 331. The number of rotatable bonds is 8. The molecule has 0 bridgehead atoms. The summed E-state index contributed by atoms with van der Waals surface area (Å²) in [6.07, 6.45) is 2.23. The molecule has 4 heteroatoms. The minimum Gasteiger partial charge on any atom is -0.379 e. The van der Waals surface area contributed by atoms with E-state index in [1.807, 2.05) is 0 Å². The first-order valence-corrected chi connectivity index (χ1v) is 6.62. The van der Waals surface area contributed by atoms with Gasteiger partial charge < -0.3 is 9.47 Å². The van der Waals surface area contributed by atoms with Gasteiger partial charge in [-0.2, -0.15) is 0 Å². The molecule has 0 amide bonds. The van der Waals surface area contributed by atoms with Gasteiger partial charge in [-0.25, -0.2) is 4.39 Å². The van der Waals surface area contributed by atoms with Crippen LogP contribution in [0.15, 0.2) is 22.7 Å². The van der Waals surface area contributed by atoms with E-state index in [-0.39, 0.29) is 5.82 Å². The van der Waals surface area contributed by atoms with Crippen LogP contribution in [0.25, 0.3) is 0 Å². The van der Waals surface area contributed by atoms with Crippen molar-refractivity contribution in [2.45, 2.75) is 26.4 Å². The first-order valence-electron chi connectivity index (χ1n) is 5.83. The molecule has 0 radical (unpaired) electrons. The molecule has 1 aromatic rings. The molecule has 0 aromatic heterocycles. The summed E-state index contributed by atoms with van der Waals surface area (Å²) in [4.78, 5) is 0. The van der Waals surface area contributed by atoms with E-state index < -0.39 is 0 Å². The monoisotopic (exact) mass is 304 g/mol. The topological polar surface area (TPSA) is 18.5 Å². The second-order valence-corrected chi connectivity index (χ2v) is 4.61. The van der Waals surface area contributed by atoms with Crippen molar-refractivity contribution < 1.29 is 13.9 Å². The number of unbranched alkanes of at least 4 members (excludes halogenated alkanes) is 1. The van der Waals surface area contributed by atoms with E-state index in [0.717, 1.165) is 29.5 Å². The maximum atomic E-state index is 12.8. The predicted octanol–water partition coefficient (Wildman–Crippen LogP) is 3.92. The van der Waals surface area contributed by atoms with Gasteiger partial charge in [-0.15, -0.1) is 0 Å². The van der Waals surface area contributed by atoms with Crippen molar-refractivity contribution in [3.8, 4) is 0 Å². The number of hydrogen-bond acceptors (Lipinski definition) is 2. The number of benzene rings is 1. The molecule has 1 rings (SSSR count).